The fourth-order valence-electron chi connectivity index (χ4n) is 2.10. The average Bonchev–Trinajstić information content (AvgIpc) is 2.33. The first-order chi connectivity index (χ1) is 8.16. The van der Waals surface area contributed by atoms with E-state index in [1.165, 1.54) is 0 Å². The van der Waals surface area contributed by atoms with E-state index in [9.17, 15) is 4.79 Å². The Kier molecular flexibility index (Phi) is 3.46. The molecule has 0 unspecified atom stereocenters. The van der Waals surface area contributed by atoms with Crippen molar-refractivity contribution in [2.45, 2.75) is 25.8 Å². The summed E-state index contributed by atoms with van der Waals surface area (Å²) in [5.74, 6) is 0. The van der Waals surface area contributed by atoms with Crippen molar-refractivity contribution in [1.29, 1.82) is 0 Å². The van der Waals surface area contributed by atoms with Crippen LogP contribution in [0.25, 0.3) is 0 Å². The van der Waals surface area contributed by atoms with Crippen molar-refractivity contribution >= 4 is 11.7 Å². The van der Waals surface area contributed by atoms with Crippen LogP contribution >= 0.6 is 0 Å². The fourth-order valence-corrected chi connectivity index (χ4v) is 2.10. The molecule has 2 rings (SSSR count). The van der Waals surface area contributed by atoms with Crippen molar-refractivity contribution in [1.82, 2.24) is 9.88 Å². The highest BCUT2D eigenvalue weighted by molar-refractivity contribution is 5.72. The van der Waals surface area contributed by atoms with Crippen molar-refractivity contribution < 1.29 is 4.79 Å². The number of aromatic nitrogens is 1. The summed E-state index contributed by atoms with van der Waals surface area (Å²) in [6.45, 7) is 3.44. The van der Waals surface area contributed by atoms with Gasteiger partial charge in [0, 0.05) is 25.3 Å². The molecular formula is C12H18N4O. The molecule has 5 nitrogen and oxygen atoms in total. The van der Waals surface area contributed by atoms with Crippen molar-refractivity contribution in [2.24, 2.45) is 5.73 Å². The number of hydrogen-bond donors (Lipinski definition) is 2. The molecule has 92 valence electrons. The van der Waals surface area contributed by atoms with Gasteiger partial charge in [-0.25, -0.2) is 4.79 Å². The SMILES string of the molecule is Cc1ncccc1NC1CCN(C(N)=O)CC1. The second kappa shape index (κ2) is 5.03. The molecule has 0 bridgehead atoms. The number of rotatable bonds is 2. The van der Waals surface area contributed by atoms with Gasteiger partial charge >= 0.3 is 6.03 Å². The van der Waals surface area contributed by atoms with Gasteiger partial charge in [-0.2, -0.15) is 0 Å². The van der Waals surface area contributed by atoms with Crippen molar-refractivity contribution in [3.63, 3.8) is 0 Å². The number of nitrogens with zero attached hydrogens (tertiary/aromatic N) is 2. The zero-order valence-electron chi connectivity index (χ0n) is 10.0. The quantitative estimate of drug-likeness (QED) is 0.811. The Labute approximate surface area is 101 Å². The molecule has 1 aliphatic heterocycles. The summed E-state index contributed by atoms with van der Waals surface area (Å²) < 4.78 is 0. The molecule has 2 heterocycles. The molecule has 0 spiro atoms. The smallest absolute Gasteiger partial charge is 0.314 e. The van der Waals surface area contributed by atoms with Crippen LogP contribution in [-0.2, 0) is 0 Å². The number of nitrogens with one attached hydrogen (secondary N) is 1. The highest BCUT2D eigenvalue weighted by Gasteiger charge is 2.21. The zero-order chi connectivity index (χ0) is 12.3. The van der Waals surface area contributed by atoms with Crippen LogP contribution in [0.4, 0.5) is 10.5 Å². The first-order valence-corrected chi connectivity index (χ1v) is 5.89. The number of piperidine rings is 1. The maximum absolute atomic E-state index is 11.0. The van der Waals surface area contributed by atoms with Crippen LogP contribution in [-0.4, -0.2) is 35.0 Å². The van der Waals surface area contributed by atoms with Crippen LogP contribution in [0.5, 0.6) is 0 Å². The number of amides is 2. The van der Waals surface area contributed by atoms with Crippen LogP contribution in [0.2, 0.25) is 0 Å². The van der Waals surface area contributed by atoms with Crippen LogP contribution in [0.3, 0.4) is 0 Å². The van der Waals surface area contributed by atoms with Gasteiger partial charge in [0.05, 0.1) is 11.4 Å². The monoisotopic (exact) mass is 234 g/mol. The number of primary amides is 1. The predicted octanol–water partition coefficient (Wildman–Crippen LogP) is 1.35. The third kappa shape index (κ3) is 2.87. The van der Waals surface area contributed by atoms with Gasteiger partial charge in [0.15, 0.2) is 0 Å². The van der Waals surface area contributed by atoms with Gasteiger partial charge in [-0.15, -0.1) is 0 Å². The van der Waals surface area contributed by atoms with E-state index in [1.807, 2.05) is 19.1 Å². The van der Waals surface area contributed by atoms with Crippen LogP contribution in [0.1, 0.15) is 18.5 Å². The molecule has 0 saturated carbocycles. The van der Waals surface area contributed by atoms with E-state index >= 15 is 0 Å². The van der Waals surface area contributed by atoms with Gasteiger partial charge < -0.3 is 16.0 Å². The number of anilines is 1. The van der Waals surface area contributed by atoms with E-state index in [1.54, 1.807) is 11.1 Å². The Hall–Kier alpha value is -1.78. The first-order valence-electron chi connectivity index (χ1n) is 5.89. The van der Waals surface area contributed by atoms with Crippen molar-refractivity contribution in [3.8, 4) is 0 Å². The minimum atomic E-state index is -0.319. The molecule has 1 aliphatic rings. The van der Waals surface area contributed by atoms with Gasteiger partial charge in [0.1, 0.15) is 0 Å². The molecule has 0 aromatic carbocycles. The maximum Gasteiger partial charge on any atom is 0.314 e. The van der Waals surface area contributed by atoms with Gasteiger partial charge in [-0.3, -0.25) is 4.98 Å². The predicted molar refractivity (Wildman–Crippen MR) is 66.8 cm³/mol. The molecule has 1 aromatic rings. The second-order valence-electron chi connectivity index (χ2n) is 4.38. The summed E-state index contributed by atoms with van der Waals surface area (Å²) in [5, 5.41) is 3.47. The van der Waals surface area contributed by atoms with Gasteiger partial charge in [0.25, 0.3) is 0 Å². The molecule has 5 heteroatoms. The number of carbonyl (C=O) groups excluding carboxylic acids is 1. The largest absolute Gasteiger partial charge is 0.381 e. The van der Waals surface area contributed by atoms with Gasteiger partial charge in [-0.05, 0) is 31.9 Å². The molecule has 1 saturated heterocycles. The summed E-state index contributed by atoms with van der Waals surface area (Å²) in [5.41, 5.74) is 7.32. The number of pyridine rings is 1. The molecule has 0 radical (unpaired) electrons. The van der Waals surface area contributed by atoms with Crippen molar-refractivity contribution in [3.05, 3.63) is 24.0 Å². The lowest BCUT2D eigenvalue weighted by molar-refractivity contribution is 0.193. The van der Waals surface area contributed by atoms with Crippen LogP contribution in [0, 0.1) is 6.92 Å². The lowest BCUT2D eigenvalue weighted by Crippen LogP contribution is -2.44. The molecule has 0 aliphatic carbocycles. The molecule has 2 amide bonds. The Balaban J connectivity index is 1.90. The first kappa shape index (κ1) is 11.7. The summed E-state index contributed by atoms with van der Waals surface area (Å²) in [4.78, 5) is 16.9. The number of hydrogen-bond acceptors (Lipinski definition) is 3. The zero-order valence-corrected chi connectivity index (χ0v) is 10.0. The average molecular weight is 234 g/mol. The standard InChI is InChI=1S/C12H18N4O/c1-9-11(3-2-6-14-9)15-10-4-7-16(8-5-10)12(13)17/h2-3,6,10,15H,4-5,7-8H2,1H3,(H2,13,17). The highest BCUT2D eigenvalue weighted by Crippen LogP contribution is 2.18. The van der Waals surface area contributed by atoms with Gasteiger partial charge in [0.2, 0.25) is 0 Å². The lowest BCUT2D eigenvalue weighted by Gasteiger charge is -2.31. The number of nitrogens with two attached hydrogens (primary N) is 1. The Morgan fingerprint density at radius 3 is 2.82 bits per heavy atom. The molecule has 1 aromatic heterocycles. The van der Waals surface area contributed by atoms with E-state index in [4.69, 9.17) is 5.73 Å². The Morgan fingerprint density at radius 1 is 1.53 bits per heavy atom. The minimum absolute atomic E-state index is 0.319. The van der Waals surface area contributed by atoms with E-state index in [2.05, 4.69) is 10.3 Å². The number of aryl methyl sites for hydroxylation is 1. The molecule has 17 heavy (non-hydrogen) atoms. The second-order valence-corrected chi connectivity index (χ2v) is 4.38. The molecule has 1 fully saturated rings. The third-order valence-corrected chi connectivity index (χ3v) is 3.17. The topological polar surface area (TPSA) is 71.2 Å². The minimum Gasteiger partial charge on any atom is -0.381 e. The Bertz CT molecular complexity index is 399. The fraction of sp³-hybridized carbons (Fsp3) is 0.500. The van der Waals surface area contributed by atoms with Crippen LogP contribution in [0.15, 0.2) is 18.3 Å². The summed E-state index contributed by atoms with van der Waals surface area (Å²) in [6, 6.07) is 4.03. The third-order valence-electron chi connectivity index (χ3n) is 3.17. The summed E-state index contributed by atoms with van der Waals surface area (Å²) >= 11 is 0. The maximum atomic E-state index is 11.0. The van der Waals surface area contributed by atoms with E-state index in [0.717, 1.165) is 37.3 Å². The number of likely N-dealkylation sites (tertiary alicyclic amines) is 1. The number of carbonyl (C=O) groups is 1. The molecule has 0 atom stereocenters. The van der Waals surface area contributed by atoms with Crippen LogP contribution < -0.4 is 11.1 Å². The Morgan fingerprint density at radius 2 is 2.24 bits per heavy atom. The lowest BCUT2D eigenvalue weighted by atomic mass is 10.0. The van der Waals surface area contributed by atoms with E-state index in [-0.39, 0.29) is 6.03 Å². The summed E-state index contributed by atoms with van der Waals surface area (Å²) in [7, 11) is 0. The summed E-state index contributed by atoms with van der Waals surface area (Å²) in [6.07, 6.45) is 3.64. The van der Waals surface area contributed by atoms with E-state index in [0.29, 0.717) is 6.04 Å². The molecule has 3 N–H and O–H groups in total. The molecular weight excluding hydrogens is 216 g/mol. The highest BCUT2D eigenvalue weighted by atomic mass is 16.2. The van der Waals surface area contributed by atoms with Gasteiger partial charge in [-0.1, -0.05) is 0 Å². The number of urea groups is 1. The van der Waals surface area contributed by atoms with Crippen molar-refractivity contribution in [2.75, 3.05) is 18.4 Å². The normalized spacial score (nSPS) is 16.9. The van der Waals surface area contributed by atoms with E-state index < -0.39 is 0 Å².